The summed E-state index contributed by atoms with van der Waals surface area (Å²) in [6, 6.07) is 8.31. The molecular formula is C21H31F. The molecule has 0 amide bonds. The van der Waals surface area contributed by atoms with Crippen LogP contribution in [0.25, 0.3) is 6.08 Å². The molecule has 0 bridgehead atoms. The van der Waals surface area contributed by atoms with Crippen LogP contribution in [0.3, 0.4) is 0 Å². The Bertz CT molecular complexity index is 424. The fraction of sp³-hybridized carbons (Fsp3) is 0.619. The number of hydrogen-bond donors (Lipinski definition) is 0. The molecule has 2 rings (SSSR count). The van der Waals surface area contributed by atoms with E-state index in [-0.39, 0.29) is 0 Å². The summed E-state index contributed by atoms with van der Waals surface area (Å²) in [7, 11) is 0. The Labute approximate surface area is 135 Å². The van der Waals surface area contributed by atoms with Crippen molar-refractivity contribution in [3.63, 3.8) is 0 Å². The summed E-state index contributed by atoms with van der Waals surface area (Å²) in [4.78, 5) is 0. The van der Waals surface area contributed by atoms with Crippen molar-refractivity contribution in [2.45, 2.75) is 71.1 Å². The van der Waals surface area contributed by atoms with Crippen LogP contribution in [-0.2, 0) is 6.42 Å². The molecule has 0 radical (unpaired) electrons. The van der Waals surface area contributed by atoms with Crippen LogP contribution in [0.5, 0.6) is 0 Å². The van der Waals surface area contributed by atoms with Crippen molar-refractivity contribution in [1.82, 2.24) is 0 Å². The zero-order valence-corrected chi connectivity index (χ0v) is 14.1. The van der Waals surface area contributed by atoms with Crippen molar-refractivity contribution < 1.29 is 4.39 Å². The molecule has 1 fully saturated rings. The van der Waals surface area contributed by atoms with Gasteiger partial charge in [-0.05, 0) is 41.9 Å². The average molecular weight is 302 g/mol. The Morgan fingerprint density at radius 3 is 2.18 bits per heavy atom. The first-order valence-electron chi connectivity index (χ1n) is 9.17. The van der Waals surface area contributed by atoms with Crippen molar-refractivity contribution in [2.75, 3.05) is 0 Å². The lowest BCUT2D eigenvalue weighted by molar-refractivity contribution is 0.249. The van der Waals surface area contributed by atoms with E-state index in [1.165, 1.54) is 75.8 Å². The molecule has 1 aliphatic rings. The Kier molecular flexibility index (Phi) is 7.70. The van der Waals surface area contributed by atoms with E-state index in [2.05, 4.69) is 19.1 Å². The van der Waals surface area contributed by atoms with Crippen molar-refractivity contribution in [1.29, 1.82) is 0 Å². The van der Waals surface area contributed by atoms with Gasteiger partial charge in [0, 0.05) is 0 Å². The first-order valence-corrected chi connectivity index (χ1v) is 9.17. The molecule has 0 aliphatic heterocycles. The number of hydrogen-bond acceptors (Lipinski definition) is 0. The van der Waals surface area contributed by atoms with Crippen LogP contribution in [0.2, 0.25) is 0 Å². The molecule has 0 aromatic heterocycles. The van der Waals surface area contributed by atoms with Gasteiger partial charge in [0.2, 0.25) is 0 Å². The van der Waals surface area contributed by atoms with E-state index < -0.39 is 0 Å². The van der Waals surface area contributed by atoms with Crippen LogP contribution in [-0.4, -0.2) is 0 Å². The number of rotatable bonds is 8. The van der Waals surface area contributed by atoms with E-state index in [1.807, 2.05) is 12.1 Å². The van der Waals surface area contributed by atoms with Gasteiger partial charge in [-0.15, -0.1) is 0 Å². The minimum absolute atomic E-state index is 0.605. The summed E-state index contributed by atoms with van der Waals surface area (Å²) in [6.45, 7) is 2.29. The Balaban J connectivity index is 1.66. The lowest BCUT2D eigenvalue weighted by Gasteiger charge is -2.28. The topological polar surface area (TPSA) is 0 Å². The molecule has 0 spiro atoms. The smallest absolute Gasteiger partial charge is 0.0872 e. The maximum absolute atomic E-state index is 12.1. The van der Waals surface area contributed by atoms with Gasteiger partial charge >= 0.3 is 0 Å². The third-order valence-electron chi connectivity index (χ3n) is 5.26. The highest BCUT2D eigenvalue weighted by Gasteiger charge is 2.20. The van der Waals surface area contributed by atoms with Crippen LogP contribution in [0.4, 0.5) is 4.39 Å². The van der Waals surface area contributed by atoms with Crippen LogP contribution < -0.4 is 0 Å². The zero-order valence-electron chi connectivity index (χ0n) is 14.1. The molecule has 0 N–H and O–H groups in total. The van der Waals surface area contributed by atoms with Gasteiger partial charge in [0.25, 0.3) is 0 Å². The van der Waals surface area contributed by atoms with Gasteiger partial charge in [0.15, 0.2) is 0 Å². The van der Waals surface area contributed by atoms with E-state index >= 15 is 0 Å². The fourth-order valence-electron chi connectivity index (χ4n) is 3.73. The van der Waals surface area contributed by atoms with Gasteiger partial charge in [-0.25, -0.2) is 4.39 Å². The van der Waals surface area contributed by atoms with Gasteiger partial charge in [0.05, 0.1) is 6.33 Å². The third-order valence-corrected chi connectivity index (χ3v) is 5.26. The monoisotopic (exact) mass is 302 g/mol. The Morgan fingerprint density at radius 1 is 0.955 bits per heavy atom. The molecule has 122 valence electrons. The van der Waals surface area contributed by atoms with Crippen molar-refractivity contribution in [3.05, 3.63) is 41.7 Å². The normalized spacial score (nSPS) is 22.3. The highest BCUT2D eigenvalue weighted by Crippen LogP contribution is 2.34. The minimum Gasteiger partial charge on any atom is -0.216 e. The highest BCUT2D eigenvalue weighted by molar-refractivity contribution is 5.48. The molecule has 0 unspecified atom stereocenters. The summed E-state index contributed by atoms with van der Waals surface area (Å²) in [5.74, 6) is 1.93. The minimum atomic E-state index is 0.605. The van der Waals surface area contributed by atoms with Crippen molar-refractivity contribution in [3.8, 4) is 0 Å². The lowest BCUT2D eigenvalue weighted by atomic mass is 9.78. The van der Waals surface area contributed by atoms with E-state index in [0.29, 0.717) is 6.33 Å². The fourth-order valence-corrected chi connectivity index (χ4v) is 3.73. The number of unbranched alkanes of at least 4 members (excludes halogenated alkanes) is 2. The van der Waals surface area contributed by atoms with E-state index in [1.54, 1.807) is 0 Å². The van der Waals surface area contributed by atoms with Crippen LogP contribution >= 0.6 is 0 Å². The van der Waals surface area contributed by atoms with Crippen LogP contribution in [0, 0.1) is 11.8 Å². The lowest BCUT2D eigenvalue weighted by Crippen LogP contribution is -2.15. The molecule has 0 saturated heterocycles. The summed E-state index contributed by atoms with van der Waals surface area (Å²) >= 11 is 0. The van der Waals surface area contributed by atoms with Crippen LogP contribution in [0.15, 0.2) is 30.6 Å². The Hall–Kier alpha value is -1.11. The largest absolute Gasteiger partial charge is 0.216 e. The summed E-state index contributed by atoms with van der Waals surface area (Å²) in [5.41, 5.74) is 2.33. The molecule has 1 saturated carbocycles. The first-order chi connectivity index (χ1) is 10.8. The molecule has 1 aromatic rings. The SMILES string of the molecule is CCCCCC1CCC(CCc2ccc(C=CF)cc2)CC1. The second-order valence-corrected chi connectivity index (χ2v) is 6.96. The molecule has 1 aliphatic carbocycles. The third kappa shape index (κ3) is 5.94. The molecular weight excluding hydrogens is 271 g/mol. The Morgan fingerprint density at radius 2 is 1.59 bits per heavy atom. The van der Waals surface area contributed by atoms with E-state index in [4.69, 9.17) is 0 Å². The predicted octanol–water partition coefficient (Wildman–Crippen LogP) is 6.95. The highest BCUT2D eigenvalue weighted by atomic mass is 19.1. The van der Waals surface area contributed by atoms with Gasteiger partial charge in [-0.3, -0.25) is 0 Å². The first kappa shape index (κ1) is 17.2. The second kappa shape index (κ2) is 9.82. The van der Waals surface area contributed by atoms with E-state index in [0.717, 1.165) is 17.4 Å². The number of aryl methyl sites for hydroxylation is 1. The summed E-state index contributed by atoms with van der Waals surface area (Å²) in [6.07, 6.45) is 16.0. The van der Waals surface area contributed by atoms with Gasteiger partial charge in [0.1, 0.15) is 0 Å². The molecule has 22 heavy (non-hydrogen) atoms. The maximum atomic E-state index is 12.1. The van der Waals surface area contributed by atoms with Gasteiger partial charge in [-0.2, -0.15) is 0 Å². The molecule has 1 aromatic carbocycles. The van der Waals surface area contributed by atoms with Crippen molar-refractivity contribution in [2.24, 2.45) is 11.8 Å². The number of benzene rings is 1. The maximum Gasteiger partial charge on any atom is 0.0872 e. The molecule has 0 nitrogen and oxygen atoms in total. The van der Waals surface area contributed by atoms with Gasteiger partial charge < -0.3 is 0 Å². The van der Waals surface area contributed by atoms with Crippen molar-refractivity contribution >= 4 is 6.08 Å². The summed E-state index contributed by atoms with van der Waals surface area (Å²) in [5, 5.41) is 0. The predicted molar refractivity (Wildman–Crippen MR) is 94.5 cm³/mol. The average Bonchev–Trinajstić information content (AvgIpc) is 2.56. The quantitative estimate of drug-likeness (QED) is 0.456. The van der Waals surface area contributed by atoms with Crippen LogP contribution in [0.1, 0.15) is 75.8 Å². The molecule has 0 atom stereocenters. The zero-order chi connectivity index (χ0) is 15.6. The molecule has 1 heteroatoms. The summed E-state index contributed by atoms with van der Waals surface area (Å²) < 4.78 is 12.1. The van der Waals surface area contributed by atoms with Gasteiger partial charge in [-0.1, -0.05) is 82.6 Å². The number of halogens is 1. The standard InChI is InChI=1S/C21H31F/c1-2-3-4-5-18-6-8-19(9-7-18)10-11-20-12-14-21(15-13-20)16-17-22/h12-19H,2-11H2,1H3. The molecule has 0 heterocycles. The van der Waals surface area contributed by atoms with E-state index in [9.17, 15) is 4.39 Å². The second-order valence-electron chi connectivity index (χ2n) is 6.96.